The molecule has 6 nitrogen and oxygen atoms in total. The molecule has 1 atom stereocenters. The fourth-order valence-electron chi connectivity index (χ4n) is 3.21. The summed E-state index contributed by atoms with van der Waals surface area (Å²) in [5.41, 5.74) is 3.49. The van der Waals surface area contributed by atoms with Crippen LogP contribution in [0.2, 0.25) is 0 Å². The summed E-state index contributed by atoms with van der Waals surface area (Å²) in [5.74, 6) is -0.332. The first-order valence-corrected chi connectivity index (χ1v) is 10.3. The molecule has 0 spiro atoms. The van der Waals surface area contributed by atoms with Crippen molar-refractivity contribution in [3.8, 4) is 5.69 Å². The van der Waals surface area contributed by atoms with Crippen LogP contribution in [0.15, 0.2) is 58.5 Å². The van der Waals surface area contributed by atoms with Crippen molar-refractivity contribution in [2.75, 3.05) is 6.61 Å². The molecule has 2 heterocycles. The Morgan fingerprint density at radius 2 is 1.93 bits per heavy atom. The van der Waals surface area contributed by atoms with E-state index in [0.717, 1.165) is 16.5 Å². The third kappa shape index (κ3) is 3.53. The van der Waals surface area contributed by atoms with Gasteiger partial charge < -0.3 is 9.72 Å². The molecule has 1 N–H and O–H groups in total. The molecule has 0 saturated carbocycles. The molecular formula is C22H21N3O3S. The van der Waals surface area contributed by atoms with Gasteiger partial charge in [0.25, 0.3) is 5.56 Å². The lowest BCUT2D eigenvalue weighted by molar-refractivity contribution is -0.142. The smallest absolute Gasteiger partial charge is 0.319 e. The number of carbonyl (C=O) groups excluding carboxylic acids is 1. The van der Waals surface area contributed by atoms with Gasteiger partial charge in [-0.1, -0.05) is 47.7 Å². The van der Waals surface area contributed by atoms with Gasteiger partial charge >= 0.3 is 5.97 Å². The zero-order valence-corrected chi connectivity index (χ0v) is 17.2. The number of benzene rings is 2. The van der Waals surface area contributed by atoms with E-state index < -0.39 is 5.25 Å². The van der Waals surface area contributed by atoms with Crippen LogP contribution >= 0.6 is 11.8 Å². The lowest BCUT2D eigenvalue weighted by Gasteiger charge is -2.15. The monoisotopic (exact) mass is 407 g/mol. The molecule has 7 heteroatoms. The van der Waals surface area contributed by atoms with Crippen molar-refractivity contribution in [1.82, 2.24) is 14.5 Å². The van der Waals surface area contributed by atoms with Gasteiger partial charge in [-0.3, -0.25) is 14.2 Å². The summed E-state index contributed by atoms with van der Waals surface area (Å²) >= 11 is 1.22. The number of thioether (sulfide) groups is 1. The predicted molar refractivity (Wildman–Crippen MR) is 116 cm³/mol. The minimum absolute atomic E-state index is 0.200. The van der Waals surface area contributed by atoms with Crippen molar-refractivity contribution in [2.45, 2.75) is 31.2 Å². The molecule has 0 aliphatic rings. The van der Waals surface area contributed by atoms with E-state index >= 15 is 0 Å². The van der Waals surface area contributed by atoms with Crippen LogP contribution in [0.25, 0.3) is 27.6 Å². The second-order valence-electron chi connectivity index (χ2n) is 6.78. The Morgan fingerprint density at radius 3 is 2.66 bits per heavy atom. The minimum Gasteiger partial charge on any atom is -0.465 e. The number of nitrogens with zero attached hydrogens (tertiary/aromatic N) is 2. The molecule has 1 unspecified atom stereocenters. The van der Waals surface area contributed by atoms with Gasteiger partial charge in [0.2, 0.25) is 0 Å². The summed E-state index contributed by atoms with van der Waals surface area (Å²) in [7, 11) is 0. The highest BCUT2D eigenvalue weighted by Crippen LogP contribution is 2.28. The number of carbonyl (C=O) groups is 1. The van der Waals surface area contributed by atoms with Gasteiger partial charge in [-0.15, -0.1) is 0 Å². The zero-order valence-electron chi connectivity index (χ0n) is 16.4. The normalized spacial score (nSPS) is 12.4. The average Bonchev–Trinajstić information content (AvgIpc) is 3.08. The fraction of sp³-hybridized carbons (Fsp3) is 0.227. The highest BCUT2D eigenvalue weighted by atomic mass is 32.2. The Kier molecular flexibility index (Phi) is 5.15. The SMILES string of the molecule is CCOC(=O)C(C)Sc1nc2c([nH]c3ccccc32)c(=O)n1-c1ccc(C)cc1. The summed E-state index contributed by atoms with van der Waals surface area (Å²) < 4.78 is 6.68. The van der Waals surface area contributed by atoms with E-state index in [9.17, 15) is 9.59 Å². The summed E-state index contributed by atoms with van der Waals surface area (Å²) in [6.45, 7) is 5.83. The second kappa shape index (κ2) is 7.75. The quantitative estimate of drug-likeness (QED) is 0.304. The highest BCUT2D eigenvalue weighted by molar-refractivity contribution is 8.00. The molecule has 0 bridgehead atoms. The molecule has 0 saturated heterocycles. The van der Waals surface area contributed by atoms with E-state index in [1.807, 2.05) is 55.5 Å². The van der Waals surface area contributed by atoms with Crippen LogP contribution < -0.4 is 5.56 Å². The van der Waals surface area contributed by atoms with Crippen molar-refractivity contribution >= 4 is 39.7 Å². The van der Waals surface area contributed by atoms with E-state index in [1.54, 1.807) is 18.4 Å². The standard InChI is InChI=1S/C22H21N3O3S/c1-4-28-21(27)14(3)29-22-24-18-16-7-5-6-8-17(16)23-19(18)20(26)25(22)15-11-9-13(2)10-12-15/h5-12,14,23H,4H2,1-3H3. The van der Waals surface area contributed by atoms with Gasteiger partial charge in [-0.05, 0) is 39.0 Å². The Labute approximate surface area is 171 Å². The van der Waals surface area contributed by atoms with Gasteiger partial charge in [-0.25, -0.2) is 4.98 Å². The van der Waals surface area contributed by atoms with Crippen molar-refractivity contribution < 1.29 is 9.53 Å². The number of ether oxygens (including phenoxy) is 1. The number of rotatable bonds is 5. The van der Waals surface area contributed by atoms with E-state index in [4.69, 9.17) is 9.72 Å². The first-order chi connectivity index (χ1) is 14.0. The van der Waals surface area contributed by atoms with Gasteiger partial charge in [0.15, 0.2) is 5.16 Å². The molecule has 2 aromatic heterocycles. The van der Waals surface area contributed by atoms with Gasteiger partial charge in [0, 0.05) is 10.9 Å². The molecule has 148 valence electrons. The Bertz CT molecular complexity index is 1260. The first kappa shape index (κ1) is 19.3. The Morgan fingerprint density at radius 1 is 1.21 bits per heavy atom. The van der Waals surface area contributed by atoms with Crippen LogP contribution in [0.5, 0.6) is 0 Å². The molecule has 4 rings (SSSR count). The lowest BCUT2D eigenvalue weighted by atomic mass is 10.2. The fourth-order valence-corrected chi connectivity index (χ4v) is 4.13. The number of hydrogen-bond acceptors (Lipinski definition) is 5. The van der Waals surface area contributed by atoms with E-state index in [2.05, 4.69) is 4.98 Å². The number of H-pyrrole nitrogens is 1. The summed E-state index contributed by atoms with van der Waals surface area (Å²) in [4.78, 5) is 33.6. The van der Waals surface area contributed by atoms with Crippen molar-refractivity contribution in [3.63, 3.8) is 0 Å². The average molecular weight is 407 g/mol. The summed E-state index contributed by atoms with van der Waals surface area (Å²) in [5, 5.41) is 0.833. The molecular weight excluding hydrogens is 386 g/mol. The Hall–Kier alpha value is -3.06. The maximum Gasteiger partial charge on any atom is 0.319 e. The number of aromatic amines is 1. The Balaban J connectivity index is 1.95. The van der Waals surface area contributed by atoms with Crippen molar-refractivity contribution in [2.24, 2.45) is 0 Å². The topological polar surface area (TPSA) is 77.0 Å². The lowest BCUT2D eigenvalue weighted by Crippen LogP contribution is -2.24. The number of fused-ring (bicyclic) bond motifs is 3. The number of hydrogen-bond donors (Lipinski definition) is 1. The minimum atomic E-state index is -0.499. The third-order valence-corrected chi connectivity index (χ3v) is 5.72. The van der Waals surface area contributed by atoms with Crippen LogP contribution in [0.3, 0.4) is 0 Å². The van der Waals surface area contributed by atoms with E-state index in [-0.39, 0.29) is 11.5 Å². The molecule has 0 aliphatic heterocycles. The molecule has 0 aliphatic carbocycles. The second-order valence-corrected chi connectivity index (χ2v) is 8.08. The van der Waals surface area contributed by atoms with Crippen LogP contribution in [0, 0.1) is 6.92 Å². The van der Waals surface area contributed by atoms with Crippen molar-refractivity contribution in [1.29, 1.82) is 0 Å². The number of nitrogens with one attached hydrogen (secondary N) is 1. The summed E-state index contributed by atoms with van der Waals surface area (Å²) in [6.07, 6.45) is 0. The maximum atomic E-state index is 13.4. The zero-order chi connectivity index (χ0) is 20.5. The van der Waals surface area contributed by atoms with Crippen LogP contribution in [-0.4, -0.2) is 32.4 Å². The van der Waals surface area contributed by atoms with Gasteiger partial charge in [0.05, 0.1) is 12.3 Å². The van der Waals surface area contributed by atoms with Crippen molar-refractivity contribution in [3.05, 3.63) is 64.4 Å². The van der Waals surface area contributed by atoms with Crippen LogP contribution in [0.1, 0.15) is 19.4 Å². The number of para-hydroxylation sites is 1. The van der Waals surface area contributed by atoms with Gasteiger partial charge in [-0.2, -0.15) is 0 Å². The maximum absolute atomic E-state index is 13.4. The van der Waals surface area contributed by atoms with E-state index in [1.165, 1.54) is 11.8 Å². The predicted octanol–water partition coefficient (Wildman–Crippen LogP) is 4.22. The molecule has 4 aromatic rings. The molecule has 0 fully saturated rings. The molecule has 0 amide bonds. The number of aromatic nitrogens is 3. The highest BCUT2D eigenvalue weighted by Gasteiger charge is 2.22. The molecule has 2 aromatic carbocycles. The van der Waals surface area contributed by atoms with E-state index in [0.29, 0.717) is 28.5 Å². The first-order valence-electron chi connectivity index (χ1n) is 9.43. The number of esters is 1. The third-order valence-electron chi connectivity index (χ3n) is 4.69. The summed E-state index contributed by atoms with van der Waals surface area (Å²) in [6, 6.07) is 15.3. The molecule has 0 radical (unpaired) electrons. The molecule has 29 heavy (non-hydrogen) atoms. The van der Waals surface area contributed by atoms with Crippen LogP contribution in [-0.2, 0) is 9.53 Å². The number of aryl methyl sites for hydroxylation is 1. The largest absolute Gasteiger partial charge is 0.465 e. The van der Waals surface area contributed by atoms with Crippen LogP contribution in [0.4, 0.5) is 0 Å². The van der Waals surface area contributed by atoms with Gasteiger partial charge in [0.1, 0.15) is 16.3 Å².